The molecule has 3 rings (SSSR count). The average molecular weight is 351 g/mol. The minimum atomic E-state index is -0.481. The highest BCUT2D eigenvalue weighted by Crippen LogP contribution is 2.16. The number of hydrogen-bond donors (Lipinski definition) is 0. The Morgan fingerprint density at radius 1 is 0.962 bits per heavy atom. The third-order valence-corrected chi connectivity index (χ3v) is 4.09. The molecule has 0 aliphatic carbocycles. The Balaban J connectivity index is 1.55. The van der Waals surface area contributed by atoms with Gasteiger partial charge in [0.15, 0.2) is 5.78 Å². The van der Waals surface area contributed by atoms with E-state index in [9.17, 15) is 9.59 Å². The molecule has 0 fully saturated rings. The van der Waals surface area contributed by atoms with Gasteiger partial charge in [-0.2, -0.15) is 0 Å². The molecule has 1 heterocycles. The highest BCUT2D eigenvalue weighted by Gasteiger charge is 2.28. The van der Waals surface area contributed by atoms with Crippen LogP contribution in [0.4, 0.5) is 4.79 Å². The smallest absolute Gasteiger partial charge is 0.414 e. The summed E-state index contributed by atoms with van der Waals surface area (Å²) in [6.07, 6.45) is 2.63. The number of carbonyl (C=O) groups is 2. The Bertz CT molecular complexity index is 758. The van der Waals surface area contributed by atoms with E-state index in [1.54, 1.807) is 0 Å². The summed E-state index contributed by atoms with van der Waals surface area (Å²) in [7, 11) is 0. The van der Waals surface area contributed by atoms with Crippen LogP contribution in [0.3, 0.4) is 0 Å². The van der Waals surface area contributed by atoms with Crippen molar-refractivity contribution in [2.75, 3.05) is 6.61 Å². The van der Waals surface area contributed by atoms with Crippen molar-refractivity contribution >= 4 is 11.9 Å². The van der Waals surface area contributed by atoms with Crippen LogP contribution in [0.25, 0.3) is 0 Å². The van der Waals surface area contributed by atoms with Crippen LogP contribution in [0.5, 0.6) is 0 Å². The van der Waals surface area contributed by atoms with Gasteiger partial charge in [-0.15, -0.1) is 0 Å². The molecule has 1 aliphatic heterocycles. The van der Waals surface area contributed by atoms with Gasteiger partial charge in [0.1, 0.15) is 6.61 Å². The number of benzene rings is 2. The van der Waals surface area contributed by atoms with Gasteiger partial charge in [0.25, 0.3) is 0 Å². The lowest BCUT2D eigenvalue weighted by molar-refractivity contribution is -0.116. The van der Waals surface area contributed by atoms with Crippen molar-refractivity contribution in [1.29, 1.82) is 0 Å². The Labute approximate surface area is 152 Å². The van der Waals surface area contributed by atoms with Gasteiger partial charge in [-0.3, -0.25) is 9.69 Å². The van der Waals surface area contributed by atoms with Crippen molar-refractivity contribution in [3.63, 3.8) is 0 Å². The molecule has 0 saturated heterocycles. The van der Waals surface area contributed by atoms with Gasteiger partial charge in [0, 0.05) is 12.6 Å². The second-order valence-electron chi connectivity index (χ2n) is 6.09. The maximum atomic E-state index is 12.4. The number of amides is 1. The number of rotatable bonds is 6. The fourth-order valence-electron chi connectivity index (χ4n) is 2.71. The predicted octanol–water partition coefficient (Wildman–Crippen LogP) is 3.70. The monoisotopic (exact) mass is 351 g/mol. The maximum Gasteiger partial charge on any atom is 0.414 e. The fraction of sp³-hybridized carbons (Fsp3) is 0.238. The summed E-state index contributed by atoms with van der Waals surface area (Å²) in [6.45, 7) is 0.892. The van der Waals surface area contributed by atoms with E-state index in [4.69, 9.17) is 9.47 Å². The number of nitrogens with zero attached hydrogens (tertiary/aromatic N) is 1. The average Bonchev–Trinajstić information content (AvgIpc) is 2.68. The zero-order chi connectivity index (χ0) is 18.2. The van der Waals surface area contributed by atoms with Gasteiger partial charge in [0.2, 0.25) is 0 Å². The molecule has 0 spiro atoms. The number of hydrogen-bond acceptors (Lipinski definition) is 4. The van der Waals surface area contributed by atoms with Crippen LogP contribution < -0.4 is 0 Å². The second kappa shape index (κ2) is 8.97. The SMILES string of the molecule is O=C1C=CN(C(=O)OCc2ccccc2)[C@H](COCc2ccccc2)C1. The Kier molecular flexibility index (Phi) is 6.17. The van der Waals surface area contributed by atoms with Crippen LogP contribution in [0.1, 0.15) is 17.5 Å². The molecule has 5 nitrogen and oxygen atoms in total. The minimum Gasteiger partial charge on any atom is -0.444 e. The first kappa shape index (κ1) is 17.9. The Morgan fingerprint density at radius 2 is 1.58 bits per heavy atom. The van der Waals surface area contributed by atoms with Crippen molar-refractivity contribution in [2.24, 2.45) is 0 Å². The van der Waals surface area contributed by atoms with Crippen molar-refractivity contribution in [1.82, 2.24) is 4.90 Å². The van der Waals surface area contributed by atoms with E-state index in [2.05, 4.69) is 0 Å². The summed E-state index contributed by atoms with van der Waals surface area (Å²) in [4.78, 5) is 25.6. The predicted molar refractivity (Wildman–Crippen MR) is 97.1 cm³/mol. The lowest BCUT2D eigenvalue weighted by Gasteiger charge is -2.30. The number of ketones is 1. The van der Waals surface area contributed by atoms with Gasteiger partial charge in [-0.25, -0.2) is 4.79 Å². The van der Waals surface area contributed by atoms with E-state index < -0.39 is 6.09 Å². The first-order valence-electron chi connectivity index (χ1n) is 8.54. The second-order valence-corrected chi connectivity index (χ2v) is 6.09. The van der Waals surface area contributed by atoms with E-state index in [-0.39, 0.29) is 31.5 Å². The third kappa shape index (κ3) is 5.04. The molecule has 2 aromatic carbocycles. The third-order valence-electron chi connectivity index (χ3n) is 4.09. The van der Waals surface area contributed by atoms with Crippen LogP contribution in [-0.2, 0) is 27.5 Å². The molecule has 0 aromatic heterocycles. The van der Waals surface area contributed by atoms with Gasteiger partial charge in [-0.05, 0) is 17.2 Å². The summed E-state index contributed by atoms with van der Waals surface area (Å²) >= 11 is 0. The Hall–Kier alpha value is -2.92. The lowest BCUT2D eigenvalue weighted by Crippen LogP contribution is -2.43. The molecule has 134 valence electrons. The summed E-state index contributed by atoms with van der Waals surface area (Å²) in [5.41, 5.74) is 1.96. The highest BCUT2D eigenvalue weighted by molar-refractivity contribution is 5.92. The Morgan fingerprint density at radius 3 is 2.23 bits per heavy atom. The number of carbonyl (C=O) groups excluding carboxylic acids is 2. The van der Waals surface area contributed by atoms with E-state index in [0.29, 0.717) is 6.61 Å². The molecule has 1 amide bonds. The van der Waals surface area contributed by atoms with Crippen LogP contribution in [0.15, 0.2) is 72.9 Å². The van der Waals surface area contributed by atoms with Crippen LogP contribution in [-0.4, -0.2) is 29.4 Å². The molecule has 26 heavy (non-hydrogen) atoms. The summed E-state index contributed by atoms with van der Waals surface area (Å²) in [5.74, 6) is -0.0228. The maximum absolute atomic E-state index is 12.4. The van der Waals surface area contributed by atoms with Crippen LogP contribution in [0, 0.1) is 0 Å². The van der Waals surface area contributed by atoms with Gasteiger partial charge < -0.3 is 9.47 Å². The zero-order valence-corrected chi connectivity index (χ0v) is 14.4. The van der Waals surface area contributed by atoms with Gasteiger partial charge >= 0.3 is 6.09 Å². The molecule has 0 bridgehead atoms. The topological polar surface area (TPSA) is 55.8 Å². The van der Waals surface area contributed by atoms with Gasteiger partial charge in [0.05, 0.1) is 19.3 Å². The van der Waals surface area contributed by atoms with E-state index in [0.717, 1.165) is 11.1 Å². The first-order chi connectivity index (χ1) is 12.7. The van der Waals surface area contributed by atoms with Crippen molar-refractivity contribution in [3.05, 3.63) is 84.1 Å². The van der Waals surface area contributed by atoms with Crippen molar-refractivity contribution in [2.45, 2.75) is 25.7 Å². The first-order valence-corrected chi connectivity index (χ1v) is 8.54. The molecule has 0 N–H and O–H groups in total. The lowest BCUT2D eigenvalue weighted by atomic mass is 10.1. The van der Waals surface area contributed by atoms with Gasteiger partial charge in [-0.1, -0.05) is 60.7 Å². The van der Waals surface area contributed by atoms with Crippen molar-refractivity contribution in [3.8, 4) is 0 Å². The highest BCUT2D eigenvalue weighted by atomic mass is 16.6. The minimum absolute atomic E-state index is 0.0228. The molecule has 2 aromatic rings. The molecule has 1 atom stereocenters. The molecule has 1 aliphatic rings. The molecular formula is C21H21NO4. The molecule has 0 unspecified atom stereocenters. The normalized spacial score (nSPS) is 16.5. The van der Waals surface area contributed by atoms with Crippen molar-refractivity contribution < 1.29 is 19.1 Å². The molecule has 0 saturated carbocycles. The van der Waals surface area contributed by atoms with E-state index in [1.165, 1.54) is 17.2 Å². The van der Waals surface area contributed by atoms with E-state index in [1.807, 2.05) is 60.7 Å². The quantitative estimate of drug-likeness (QED) is 0.796. The van der Waals surface area contributed by atoms with Crippen LogP contribution in [0.2, 0.25) is 0 Å². The largest absolute Gasteiger partial charge is 0.444 e. The summed E-state index contributed by atoms with van der Waals surface area (Å²) in [5, 5.41) is 0. The fourth-order valence-corrected chi connectivity index (χ4v) is 2.71. The zero-order valence-electron chi connectivity index (χ0n) is 14.4. The standard InChI is InChI=1S/C21H21NO4/c23-20-11-12-22(21(24)26-15-18-9-5-2-6-10-18)19(13-20)16-25-14-17-7-3-1-4-8-17/h1-12,19H,13-16H2/t19-/m0/s1. The molecule has 0 radical (unpaired) electrons. The number of allylic oxidation sites excluding steroid dienone is 1. The summed E-state index contributed by atoms with van der Waals surface area (Å²) in [6, 6.07) is 18.9. The number of ether oxygens (including phenoxy) is 2. The van der Waals surface area contributed by atoms with Crippen LogP contribution >= 0.6 is 0 Å². The van der Waals surface area contributed by atoms with E-state index >= 15 is 0 Å². The summed E-state index contributed by atoms with van der Waals surface area (Å²) < 4.78 is 11.1. The molecule has 5 heteroatoms. The molecular weight excluding hydrogens is 330 g/mol.